The van der Waals surface area contributed by atoms with Gasteiger partial charge in [0.15, 0.2) is 0 Å². The Balaban J connectivity index is 2.31. The predicted octanol–water partition coefficient (Wildman–Crippen LogP) is 2.00. The summed E-state index contributed by atoms with van der Waals surface area (Å²) >= 11 is 1.97. The highest BCUT2D eigenvalue weighted by atomic mass is 32.2. The first kappa shape index (κ1) is 10.9. The maximum absolute atomic E-state index is 10.7. The van der Waals surface area contributed by atoms with Crippen molar-refractivity contribution < 1.29 is 4.79 Å². The summed E-state index contributed by atoms with van der Waals surface area (Å²) in [5, 5.41) is 0. The van der Waals surface area contributed by atoms with E-state index in [1.54, 1.807) is 0 Å². The summed E-state index contributed by atoms with van der Waals surface area (Å²) in [4.78, 5) is 12.7. The van der Waals surface area contributed by atoms with Gasteiger partial charge in [-0.15, -0.1) is 0 Å². The first-order valence-electron chi connectivity index (χ1n) is 5.03. The molecule has 1 atom stereocenters. The smallest absolute Gasteiger partial charge is 0.210 e. The lowest BCUT2D eigenvalue weighted by molar-refractivity contribution is -0.119. The van der Waals surface area contributed by atoms with Gasteiger partial charge in [0.25, 0.3) is 0 Å². The SMILES string of the molecule is CC(C)CCC1CSCCN1C=O. The maximum Gasteiger partial charge on any atom is 0.210 e. The molecule has 1 aliphatic heterocycles. The van der Waals surface area contributed by atoms with Crippen LogP contribution in [0.5, 0.6) is 0 Å². The van der Waals surface area contributed by atoms with Gasteiger partial charge in [-0.2, -0.15) is 11.8 Å². The zero-order chi connectivity index (χ0) is 9.68. The lowest BCUT2D eigenvalue weighted by atomic mass is 10.0. The fourth-order valence-electron chi connectivity index (χ4n) is 1.58. The van der Waals surface area contributed by atoms with Crippen molar-refractivity contribution in [1.29, 1.82) is 0 Å². The van der Waals surface area contributed by atoms with Gasteiger partial charge >= 0.3 is 0 Å². The molecular weight excluding hydrogens is 182 g/mol. The summed E-state index contributed by atoms with van der Waals surface area (Å²) in [6.45, 7) is 5.42. The van der Waals surface area contributed by atoms with Crippen molar-refractivity contribution in [3.8, 4) is 0 Å². The van der Waals surface area contributed by atoms with E-state index in [1.807, 2.05) is 16.7 Å². The fraction of sp³-hybridized carbons (Fsp3) is 0.900. The summed E-state index contributed by atoms with van der Waals surface area (Å²) < 4.78 is 0. The number of thioether (sulfide) groups is 1. The van der Waals surface area contributed by atoms with Gasteiger partial charge < -0.3 is 4.90 Å². The second kappa shape index (κ2) is 5.53. The van der Waals surface area contributed by atoms with Crippen LogP contribution in [0.2, 0.25) is 0 Å². The summed E-state index contributed by atoms with van der Waals surface area (Å²) in [6.07, 6.45) is 3.42. The number of amides is 1. The van der Waals surface area contributed by atoms with Gasteiger partial charge in [-0.1, -0.05) is 13.8 Å². The van der Waals surface area contributed by atoms with Crippen LogP contribution in [0.25, 0.3) is 0 Å². The zero-order valence-corrected chi connectivity index (χ0v) is 9.35. The Morgan fingerprint density at radius 2 is 2.38 bits per heavy atom. The molecule has 0 N–H and O–H groups in total. The number of nitrogens with zero attached hydrogens (tertiary/aromatic N) is 1. The van der Waals surface area contributed by atoms with Crippen LogP contribution >= 0.6 is 11.8 Å². The van der Waals surface area contributed by atoms with Crippen LogP contribution in [0.1, 0.15) is 26.7 Å². The van der Waals surface area contributed by atoms with Gasteiger partial charge in [0.05, 0.1) is 0 Å². The van der Waals surface area contributed by atoms with Crippen LogP contribution in [0.15, 0.2) is 0 Å². The first-order valence-corrected chi connectivity index (χ1v) is 6.18. The Morgan fingerprint density at radius 1 is 1.62 bits per heavy atom. The molecule has 2 nitrogen and oxygen atoms in total. The van der Waals surface area contributed by atoms with E-state index < -0.39 is 0 Å². The van der Waals surface area contributed by atoms with E-state index >= 15 is 0 Å². The lowest BCUT2D eigenvalue weighted by Gasteiger charge is -2.32. The second-order valence-electron chi connectivity index (χ2n) is 4.04. The molecule has 0 saturated carbocycles. The summed E-state index contributed by atoms with van der Waals surface area (Å²) in [6, 6.07) is 0.499. The average Bonchev–Trinajstić information content (AvgIpc) is 2.15. The van der Waals surface area contributed by atoms with E-state index in [0.717, 1.165) is 30.4 Å². The monoisotopic (exact) mass is 201 g/mol. The molecule has 0 aromatic carbocycles. The van der Waals surface area contributed by atoms with E-state index in [0.29, 0.717) is 6.04 Å². The van der Waals surface area contributed by atoms with E-state index in [-0.39, 0.29) is 0 Å². The van der Waals surface area contributed by atoms with Gasteiger partial charge in [0.1, 0.15) is 0 Å². The molecule has 0 spiro atoms. The van der Waals surface area contributed by atoms with Gasteiger partial charge in [-0.3, -0.25) is 4.79 Å². The van der Waals surface area contributed by atoms with Crippen molar-refractivity contribution in [2.24, 2.45) is 5.92 Å². The van der Waals surface area contributed by atoms with Gasteiger partial charge in [-0.05, 0) is 18.8 Å². The molecule has 1 unspecified atom stereocenters. The zero-order valence-electron chi connectivity index (χ0n) is 8.53. The molecule has 0 aromatic rings. The highest BCUT2D eigenvalue weighted by Crippen LogP contribution is 2.20. The summed E-state index contributed by atoms with van der Waals surface area (Å²) in [5.41, 5.74) is 0. The van der Waals surface area contributed by atoms with Gasteiger partial charge in [-0.25, -0.2) is 0 Å². The van der Waals surface area contributed by atoms with Crippen molar-refractivity contribution in [3.63, 3.8) is 0 Å². The molecule has 76 valence electrons. The molecule has 0 aliphatic carbocycles. The highest BCUT2D eigenvalue weighted by Gasteiger charge is 2.20. The van der Waals surface area contributed by atoms with Crippen molar-refractivity contribution in [3.05, 3.63) is 0 Å². The minimum atomic E-state index is 0.499. The molecule has 0 bridgehead atoms. The average molecular weight is 201 g/mol. The molecule has 1 saturated heterocycles. The van der Waals surface area contributed by atoms with Crippen molar-refractivity contribution in [2.45, 2.75) is 32.7 Å². The number of rotatable bonds is 4. The largest absolute Gasteiger partial charge is 0.341 e. The van der Waals surface area contributed by atoms with Crippen LogP contribution in [0.3, 0.4) is 0 Å². The standard InChI is InChI=1S/C10H19NOS/c1-9(2)3-4-10-7-13-6-5-11(10)8-12/h8-10H,3-7H2,1-2H3. The third-order valence-electron chi connectivity index (χ3n) is 2.49. The van der Waals surface area contributed by atoms with Crippen LogP contribution in [0, 0.1) is 5.92 Å². The Bertz CT molecular complexity index is 161. The maximum atomic E-state index is 10.7. The molecule has 13 heavy (non-hydrogen) atoms. The number of hydrogen-bond acceptors (Lipinski definition) is 2. The lowest BCUT2D eigenvalue weighted by Crippen LogP contribution is -2.41. The van der Waals surface area contributed by atoms with E-state index in [2.05, 4.69) is 13.8 Å². The fourth-order valence-corrected chi connectivity index (χ4v) is 2.72. The molecule has 1 heterocycles. The number of hydrogen-bond donors (Lipinski definition) is 0. The topological polar surface area (TPSA) is 20.3 Å². The number of carbonyl (C=O) groups is 1. The number of carbonyl (C=O) groups excluding carboxylic acids is 1. The molecule has 1 rings (SSSR count). The second-order valence-corrected chi connectivity index (χ2v) is 5.19. The van der Waals surface area contributed by atoms with Crippen LogP contribution < -0.4 is 0 Å². The predicted molar refractivity (Wildman–Crippen MR) is 58.0 cm³/mol. The van der Waals surface area contributed by atoms with E-state index in [4.69, 9.17) is 0 Å². The molecule has 1 fully saturated rings. The Morgan fingerprint density at radius 3 is 3.00 bits per heavy atom. The van der Waals surface area contributed by atoms with E-state index in [9.17, 15) is 4.79 Å². The minimum absolute atomic E-state index is 0.499. The third kappa shape index (κ3) is 3.59. The Labute approximate surface area is 85.1 Å². The molecule has 0 radical (unpaired) electrons. The van der Waals surface area contributed by atoms with Crippen molar-refractivity contribution >= 4 is 18.2 Å². The quantitative estimate of drug-likeness (QED) is 0.648. The van der Waals surface area contributed by atoms with Crippen molar-refractivity contribution in [1.82, 2.24) is 4.90 Å². The molecule has 1 aliphatic rings. The van der Waals surface area contributed by atoms with E-state index in [1.165, 1.54) is 12.8 Å². The molecule has 1 amide bonds. The Hall–Kier alpha value is -0.180. The van der Waals surface area contributed by atoms with Gasteiger partial charge in [0.2, 0.25) is 6.41 Å². The van der Waals surface area contributed by atoms with Crippen molar-refractivity contribution in [2.75, 3.05) is 18.1 Å². The van der Waals surface area contributed by atoms with Crippen LogP contribution in [-0.2, 0) is 4.79 Å². The molecule has 3 heteroatoms. The third-order valence-corrected chi connectivity index (χ3v) is 3.58. The van der Waals surface area contributed by atoms with Crippen LogP contribution in [-0.4, -0.2) is 35.4 Å². The minimum Gasteiger partial charge on any atom is -0.341 e. The highest BCUT2D eigenvalue weighted by molar-refractivity contribution is 7.99. The summed E-state index contributed by atoms with van der Waals surface area (Å²) in [7, 11) is 0. The molecule has 0 aromatic heterocycles. The van der Waals surface area contributed by atoms with Crippen LogP contribution in [0.4, 0.5) is 0 Å². The van der Waals surface area contributed by atoms with Gasteiger partial charge in [0, 0.05) is 24.1 Å². The summed E-state index contributed by atoms with van der Waals surface area (Å²) in [5.74, 6) is 2.99. The first-order chi connectivity index (χ1) is 6.24. The Kier molecular flexibility index (Phi) is 4.64. The normalized spacial score (nSPS) is 23.6. The molecular formula is C10H19NOS.